The smallest absolute Gasteiger partial charge is 0.135 e. The normalized spacial score (nSPS) is 17.4. The number of para-hydroxylation sites is 3. The van der Waals surface area contributed by atoms with Gasteiger partial charge in [-0.15, -0.1) is 0 Å². The van der Waals surface area contributed by atoms with E-state index in [0.29, 0.717) is 0 Å². The zero-order chi connectivity index (χ0) is 33.5. The Morgan fingerprint density at radius 1 is 0.529 bits per heavy atom. The summed E-state index contributed by atoms with van der Waals surface area (Å²) in [5.41, 5.74) is 10.0. The minimum Gasteiger partial charge on any atom is -0.456 e. The van der Waals surface area contributed by atoms with E-state index in [0.717, 1.165) is 33.5 Å². The van der Waals surface area contributed by atoms with Crippen LogP contribution < -0.4 is 10.6 Å². The molecule has 0 bridgehead atoms. The van der Waals surface area contributed by atoms with Crippen molar-refractivity contribution in [2.24, 2.45) is 0 Å². The quantitative estimate of drug-likeness (QED) is 0.198. The van der Waals surface area contributed by atoms with Crippen molar-refractivity contribution >= 4 is 77.1 Å². The van der Waals surface area contributed by atoms with Gasteiger partial charge in [-0.3, -0.25) is 4.57 Å². The first-order chi connectivity index (χ1) is 25.3. The van der Waals surface area contributed by atoms with Gasteiger partial charge in [0.2, 0.25) is 0 Å². The van der Waals surface area contributed by atoms with Crippen molar-refractivity contribution < 1.29 is 4.42 Å². The van der Waals surface area contributed by atoms with Gasteiger partial charge < -0.3 is 19.6 Å². The Morgan fingerprint density at radius 2 is 1.27 bits per heavy atom. The minimum absolute atomic E-state index is 0.0143. The van der Waals surface area contributed by atoms with Gasteiger partial charge in [-0.25, -0.2) is 0 Å². The van der Waals surface area contributed by atoms with Crippen molar-refractivity contribution in [3.63, 3.8) is 0 Å². The highest BCUT2D eigenvalue weighted by Crippen LogP contribution is 2.43. The molecule has 0 spiro atoms. The molecular weight excluding hydrogens is 625 g/mol. The van der Waals surface area contributed by atoms with E-state index in [4.69, 9.17) is 4.42 Å². The summed E-state index contributed by atoms with van der Waals surface area (Å²) in [6, 6.07) is 47.6. The van der Waals surface area contributed by atoms with Crippen molar-refractivity contribution in [2.75, 3.05) is 0 Å². The summed E-state index contributed by atoms with van der Waals surface area (Å²) in [4.78, 5) is 0. The lowest BCUT2D eigenvalue weighted by atomic mass is 10.0. The summed E-state index contributed by atoms with van der Waals surface area (Å²) in [6.45, 7) is 0. The zero-order valence-electron chi connectivity index (χ0n) is 27.6. The van der Waals surface area contributed by atoms with E-state index >= 15 is 0 Å². The minimum atomic E-state index is -0.0591. The number of allylic oxidation sites excluding steroid dienone is 4. The maximum absolute atomic E-state index is 6.15. The van der Waals surface area contributed by atoms with Gasteiger partial charge in [0.15, 0.2) is 0 Å². The third kappa shape index (κ3) is 4.21. The van der Waals surface area contributed by atoms with Crippen LogP contribution in [0.2, 0.25) is 0 Å². The average molecular weight is 657 g/mol. The molecule has 11 rings (SSSR count). The summed E-state index contributed by atoms with van der Waals surface area (Å²) in [6.07, 6.45) is 13.2. The molecule has 3 aromatic heterocycles. The fourth-order valence-electron chi connectivity index (χ4n) is 8.33. The third-order valence-corrected chi connectivity index (χ3v) is 10.6. The van der Waals surface area contributed by atoms with Crippen molar-refractivity contribution in [3.05, 3.63) is 181 Å². The van der Waals surface area contributed by atoms with Crippen LogP contribution in [0.25, 0.3) is 77.1 Å². The molecule has 2 aliphatic heterocycles. The highest BCUT2D eigenvalue weighted by molar-refractivity contribution is 6.26. The first-order valence-electron chi connectivity index (χ1n) is 17.5. The van der Waals surface area contributed by atoms with E-state index in [1.54, 1.807) is 0 Å². The van der Waals surface area contributed by atoms with E-state index in [-0.39, 0.29) is 12.2 Å². The van der Waals surface area contributed by atoms with E-state index in [1.807, 2.05) is 12.1 Å². The number of aromatic nitrogens is 2. The second kappa shape index (κ2) is 10.9. The number of benzene rings is 6. The topological polar surface area (TPSA) is 47.1 Å². The van der Waals surface area contributed by atoms with Gasteiger partial charge in [-0.2, -0.15) is 0 Å². The Labute approximate surface area is 293 Å². The van der Waals surface area contributed by atoms with Crippen LogP contribution in [0.3, 0.4) is 0 Å². The van der Waals surface area contributed by atoms with Gasteiger partial charge in [-0.05, 0) is 65.8 Å². The molecule has 2 unspecified atom stereocenters. The molecule has 0 saturated carbocycles. The molecule has 0 amide bonds. The van der Waals surface area contributed by atoms with Gasteiger partial charge in [0.25, 0.3) is 0 Å². The van der Waals surface area contributed by atoms with Crippen LogP contribution in [-0.2, 0) is 0 Å². The highest BCUT2D eigenvalue weighted by Gasteiger charge is 2.25. The average Bonchev–Trinajstić information content (AvgIpc) is 3.86. The molecule has 0 saturated heterocycles. The lowest BCUT2D eigenvalue weighted by Crippen LogP contribution is -2.25. The Morgan fingerprint density at radius 3 is 2.18 bits per heavy atom. The van der Waals surface area contributed by atoms with Gasteiger partial charge in [0.05, 0.1) is 28.1 Å². The number of rotatable bonds is 4. The molecule has 0 radical (unpaired) electrons. The summed E-state index contributed by atoms with van der Waals surface area (Å²) in [5.74, 6) is 1.04. The Bertz CT molecular complexity index is 2990. The Balaban J connectivity index is 1.09. The fourth-order valence-corrected chi connectivity index (χ4v) is 8.33. The molecule has 2 atom stereocenters. The standard InChI is InChI=1S/C46H32N4O/c1-2-12-29(13-3-1)36-17-10-22-43(47-36)49-39-20-8-5-16-34(39)45-40(49)26-25-33-31-14-4-7-19-38(31)50(46(33)45)44-23-11-18-37(48-44)30-24-27-42-35(28-30)32-15-6-9-21-41(32)51-42/h1-28,37,43,47-48H. The van der Waals surface area contributed by atoms with E-state index in [2.05, 4.69) is 178 Å². The number of hydrogen-bond donors (Lipinski definition) is 2. The van der Waals surface area contributed by atoms with Crippen LogP contribution in [-0.4, -0.2) is 9.13 Å². The second-order valence-electron chi connectivity index (χ2n) is 13.4. The molecule has 9 aromatic rings. The molecule has 51 heavy (non-hydrogen) atoms. The van der Waals surface area contributed by atoms with Crippen LogP contribution in [0.5, 0.6) is 0 Å². The molecule has 242 valence electrons. The Hall–Kier alpha value is -6.72. The van der Waals surface area contributed by atoms with Crippen molar-refractivity contribution in [1.29, 1.82) is 0 Å². The molecule has 2 aliphatic rings. The molecule has 2 N–H and O–H groups in total. The number of hydrogen-bond acceptors (Lipinski definition) is 3. The van der Waals surface area contributed by atoms with Crippen molar-refractivity contribution in [3.8, 4) is 0 Å². The Kier molecular flexibility index (Phi) is 6.01. The first-order valence-corrected chi connectivity index (χ1v) is 17.5. The van der Waals surface area contributed by atoms with Gasteiger partial charge >= 0.3 is 0 Å². The maximum atomic E-state index is 6.15. The molecular formula is C46H32N4O. The lowest BCUT2D eigenvalue weighted by Gasteiger charge is -2.25. The molecule has 6 aromatic carbocycles. The SMILES string of the molecule is C1=CC(c2ccc3oc4ccccc4c3c2)NC(n2c3ccccc3c3ccc4c(c5ccccc5n4C4C=CC=C(c5ccccc5)N4)c32)=C1. The van der Waals surface area contributed by atoms with Crippen molar-refractivity contribution in [1.82, 2.24) is 19.8 Å². The number of fused-ring (bicyclic) bond motifs is 10. The van der Waals surface area contributed by atoms with Crippen LogP contribution in [0.4, 0.5) is 0 Å². The fraction of sp³-hybridized carbons (Fsp3) is 0.0435. The summed E-state index contributed by atoms with van der Waals surface area (Å²) in [7, 11) is 0. The van der Waals surface area contributed by atoms with E-state index < -0.39 is 0 Å². The lowest BCUT2D eigenvalue weighted by molar-refractivity contribution is 0.589. The summed E-state index contributed by atoms with van der Waals surface area (Å²) >= 11 is 0. The van der Waals surface area contributed by atoms with E-state index in [1.165, 1.54) is 54.7 Å². The predicted octanol–water partition coefficient (Wildman–Crippen LogP) is 11.2. The maximum Gasteiger partial charge on any atom is 0.135 e. The van der Waals surface area contributed by atoms with Crippen LogP contribution >= 0.6 is 0 Å². The largest absolute Gasteiger partial charge is 0.456 e. The highest BCUT2D eigenvalue weighted by atomic mass is 16.3. The van der Waals surface area contributed by atoms with Gasteiger partial charge in [-0.1, -0.05) is 115 Å². The number of nitrogens with one attached hydrogen (secondary N) is 2. The van der Waals surface area contributed by atoms with Crippen molar-refractivity contribution in [2.45, 2.75) is 12.2 Å². The van der Waals surface area contributed by atoms with Crippen LogP contribution in [0.15, 0.2) is 174 Å². The molecule has 5 heteroatoms. The number of dihydropyridines is 2. The monoisotopic (exact) mass is 656 g/mol. The second-order valence-corrected chi connectivity index (χ2v) is 13.4. The van der Waals surface area contributed by atoms with Crippen LogP contribution in [0, 0.1) is 0 Å². The summed E-state index contributed by atoms with van der Waals surface area (Å²) in [5, 5.41) is 15.0. The molecule has 0 fully saturated rings. The molecule has 5 nitrogen and oxygen atoms in total. The predicted molar refractivity (Wildman–Crippen MR) is 211 cm³/mol. The zero-order valence-corrected chi connectivity index (χ0v) is 27.6. The van der Waals surface area contributed by atoms with E-state index in [9.17, 15) is 0 Å². The third-order valence-electron chi connectivity index (χ3n) is 10.6. The van der Waals surface area contributed by atoms with Gasteiger partial charge in [0, 0.05) is 38.0 Å². The van der Waals surface area contributed by atoms with Gasteiger partial charge in [0.1, 0.15) is 23.2 Å². The van der Waals surface area contributed by atoms with Crippen LogP contribution in [0.1, 0.15) is 23.3 Å². The number of nitrogens with zero attached hydrogens (tertiary/aromatic N) is 2. The molecule has 0 aliphatic carbocycles. The summed E-state index contributed by atoms with van der Waals surface area (Å²) < 4.78 is 11.0. The number of furan rings is 1. The first kappa shape index (κ1) is 28.2. The molecule has 5 heterocycles.